The van der Waals surface area contributed by atoms with E-state index in [-0.39, 0.29) is 10.5 Å². The Morgan fingerprint density at radius 2 is 1.85 bits per heavy atom. The van der Waals surface area contributed by atoms with Crippen molar-refractivity contribution in [2.24, 2.45) is 0 Å². The monoisotopic (exact) mass is 312 g/mol. The molecule has 0 unspecified atom stereocenters. The first kappa shape index (κ1) is 14.5. The van der Waals surface area contributed by atoms with E-state index >= 15 is 0 Å². The van der Waals surface area contributed by atoms with Crippen LogP contribution in [0.1, 0.15) is 20.9 Å². The van der Waals surface area contributed by atoms with Gasteiger partial charge in [0, 0.05) is 4.88 Å². The molecule has 0 saturated heterocycles. The number of aromatic nitrogens is 1. The lowest BCUT2D eigenvalue weighted by Crippen LogP contribution is -2.13. The fraction of sp³-hybridized carbons (Fsp3) is 0.167. The first-order valence-corrected chi connectivity index (χ1v) is 7.90. The number of sulfonamides is 1. The van der Waals surface area contributed by atoms with Gasteiger partial charge in [-0.2, -0.15) is 0 Å². The molecule has 20 heavy (non-hydrogen) atoms. The third kappa shape index (κ3) is 2.97. The van der Waals surface area contributed by atoms with Gasteiger partial charge in [0.05, 0.1) is 16.2 Å². The summed E-state index contributed by atoms with van der Waals surface area (Å²) in [6, 6.07) is 4.99. The predicted molar refractivity (Wildman–Crippen MR) is 75.8 cm³/mol. The second kappa shape index (κ2) is 5.22. The number of benzene rings is 1. The zero-order valence-electron chi connectivity index (χ0n) is 10.7. The topological polar surface area (TPSA) is 96.4 Å². The van der Waals surface area contributed by atoms with Crippen LogP contribution in [-0.2, 0) is 10.0 Å². The molecule has 1 heterocycles. The lowest BCUT2D eigenvalue weighted by Gasteiger charge is -2.05. The van der Waals surface area contributed by atoms with E-state index in [2.05, 4.69) is 9.71 Å². The van der Waals surface area contributed by atoms with Gasteiger partial charge in [0.25, 0.3) is 10.0 Å². The minimum atomic E-state index is -3.75. The molecule has 106 valence electrons. The number of carbonyl (C=O) groups is 1. The number of nitrogens with zero attached hydrogens (tertiary/aromatic N) is 1. The maximum Gasteiger partial charge on any atom is 0.335 e. The van der Waals surface area contributed by atoms with E-state index in [1.54, 1.807) is 6.92 Å². The zero-order valence-corrected chi connectivity index (χ0v) is 12.4. The molecule has 0 saturated carbocycles. The van der Waals surface area contributed by atoms with Gasteiger partial charge in [-0.1, -0.05) is 0 Å². The lowest BCUT2D eigenvalue weighted by atomic mass is 10.2. The molecule has 2 rings (SSSR count). The number of thiazole rings is 1. The fourth-order valence-corrected chi connectivity index (χ4v) is 3.52. The molecule has 0 fully saturated rings. The molecule has 1 aromatic heterocycles. The van der Waals surface area contributed by atoms with E-state index in [1.807, 2.05) is 6.92 Å². The highest BCUT2D eigenvalue weighted by Crippen LogP contribution is 2.24. The maximum atomic E-state index is 12.1. The number of carboxylic acids is 1. The summed E-state index contributed by atoms with van der Waals surface area (Å²) in [5.74, 6) is -1.10. The Morgan fingerprint density at radius 3 is 2.30 bits per heavy atom. The summed E-state index contributed by atoms with van der Waals surface area (Å²) in [4.78, 5) is 15.7. The van der Waals surface area contributed by atoms with Crippen LogP contribution < -0.4 is 4.72 Å². The van der Waals surface area contributed by atoms with Crippen molar-refractivity contribution in [1.82, 2.24) is 4.98 Å². The largest absolute Gasteiger partial charge is 0.478 e. The molecule has 2 aromatic rings. The van der Waals surface area contributed by atoms with Crippen molar-refractivity contribution in [1.29, 1.82) is 0 Å². The number of rotatable bonds is 4. The highest BCUT2D eigenvalue weighted by Gasteiger charge is 2.17. The molecule has 0 aliphatic rings. The van der Waals surface area contributed by atoms with E-state index in [9.17, 15) is 13.2 Å². The van der Waals surface area contributed by atoms with E-state index in [1.165, 1.54) is 35.6 Å². The van der Waals surface area contributed by atoms with Crippen molar-refractivity contribution in [2.75, 3.05) is 4.72 Å². The molecule has 1 aromatic carbocycles. The van der Waals surface area contributed by atoms with Gasteiger partial charge in [-0.05, 0) is 38.1 Å². The third-order valence-electron chi connectivity index (χ3n) is 2.66. The minimum Gasteiger partial charge on any atom is -0.478 e. The van der Waals surface area contributed by atoms with E-state index in [4.69, 9.17) is 5.11 Å². The minimum absolute atomic E-state index is 0.00648. The quantitative estimate of drug-likeness (QED) is 0.902. The third-order valence-corrected chi connectivity index (χ3v) is 5.13. The van der Waals surface area contributed by atoms with Crippen LogP contribution in [0.5, 0.6) is 0 Å². The summed E-state index contributed by atoms with van der Waals surface area (Å²) >= 11 is 1.25. The molecule has 0 aliphatic carbocycles. The van der Waals surface area contributed by atoms with Gasteiger partial charge in [-0.3, -0.25) is 4.72 Å². The smallest absolute Gasteiger partial charge is 0.335 e. The van der Waals surface area contributed by atoms with E-state index in [0.29, 0.717) is 5.13 Å². The summed E-state index contributed by atoms with van der Waals surface area (Å²) in [6.45, 7) is 3.65. The van der Waals surface area contributed by atoms with Gasteiger partial charge in [-0.15, -0.1) is 11.3 Å². The van der Waals surface area contributed by atoms with Crippen LogP contribution in [0.15, 0.2) is 29.2 Å². The average molecular weight is 312 g/mol. The van der Waals surface area contributed by atoms with Crippen molar-refractivity contribution in [3.8, 4) is 0 Å². The zero-order chi connectivity index (χ0) is 14.9. The van der Waals surface area contributed by atoms with Crippen molar-refractivity contribution in [3.05, 3.63) is 40.4 Å². The van der Waals surface area contributed by atoms with Crippen LogP contribution in [0.25, 0.3) is 0 Å². The van der Waals surface area contributed by atoms with Gasteiger partial charge < -0.3 is 5.11 Å². The normalized spacial score (nSPS) is 11.3. The van der Waals surface area contributed by atoms with Gasteiger partial charge in [0.15, 0.2) is 5.13 Å². The summed E-state index contributed by atoms with van der Waals surface area (Å²) in [7, 11) is -3.75. The van der Waals surface area contributed by atoms with Gasteiger partial charge in [0.2, 0.25) is 0 Å². The molecule has 2 N–H and O–H groups in total. The van der Waals surface area contributed by atoms with Crippen molar-refractivity contribution in [3.63, 3.8) is 0 Å². The highest BCUT2D eigenvalue weighted by molar-refractivity contribution is 7.93. The van der Waals surface area contributed by atoms with Crippen LogP contribution in [0.2, 0.25) is 0 Å². The number of nitrogens with one attached hydrogen (secondary N) is 1. The Balaban J connectivity index is 2.28. The standard InChI is InChI=1S/C12H12N2O4S2/c1-7-8(2)19-12(13-7)14-20(17,18)10-5-3-9(4-6-10)11(15)16/h3-6H,1-2H3,(H,13,14)(H,15,16). The molecule has 0 radical (unpaired) electrons. The predicted octanol–water partition coefficient (Wildman–Crippen LogP) is 2.26. The summed E-state index contributed by atoms with van der Waals surface area (Å²) < 4.78 is 26.6. The SMILES string of the molecule is Cc1nc(NS(=O)(=O)c2ccc(C(=O)O)cc2)sc1C. The Morgan fingerprint density at radius 1 is 1.25 bits per heavy atom. The van der Waals surface area contributed by atoms with Crippen LogP contribution in [0.3, 0.4) is 0 Å². The number of hydrogen-bond donors (Lipinski definition) is 2. The van der Waals surface area contributed by atoms with Gasteiger partial charge in [-0.25, -0.2) is 18.2 Å². The Bertz CT molecular complexity index is 729. The molecule has 6 nitrogen and oxygen atoms in total. The number of carboxylic acid groups (broad SMARTS) is 1. The maximum absolute atomic E-state index is 12.1. The first-order valence-electron chi connectivity index (χ1n) is 5.60. The second-order valence-electron chi connectivity index (χ2n) is 4.10. The second-order valence-corrected chi connectivity index (χ2v) is 6.98. The Kier molecular flexibility index (Phi) is 3.78. The number of hydrogen-bond acceptors (Lipinski definition) is 5. The van der Waals surface area contributed by atoms with Crippen LogP contribution in [0.4, 0.5) is 5.13 Å². The lowest BCUT2D eigenvalue weighted by molar-refractivity contribution is 0.0697. The summed E-state index contributed by atoms with van der Waals surface area (Å²) in [6.07, 6.45) is 0. The molecule has 8 heteroatoms. The molecule has 0 atom stereocenters. The van der Waals surface area contributed by atoms with Crippen molar-refractivity contribution in [2.45, 2.75) is 18.7 Å². The van der Waals surface area contributed by atoms with E-state index in [0.717, 1.165) is 10.6 Å². The molecular weight excluding hydrogens is 300 g/mol. The first-order chi connectivity index (χ1) is 9.29. The van der Waals surface area contributed by atoms with Crippen LogP contribution in [-0.4, -0.2) is 24.5 Å². The van der Waals surface area contributed by atoms with Crippen LogP contribution in [0, 0.1) is 13.8 Å². The molecule has 0 aliphatic heterocycles. The Hall–Kier alpha value is -1.93. The van der Waals surface area contributed by atoms with Crippen LogP contribution >= 0.6 is 11.3 Å². The van der Waals surface area contributed by atoms with Crippen molar-refractivity contribution < 1.29 is 18.3 Å². The van der Waals surface area contributed by atoms with E-state index < -0.39 is 16.0 Å². The summed E-state index contributed by atoms with van der Waals surface area (Å²) in [5.41, 5.74) is 0.804. The average Bonchev–Trinajstić information content (AvgIpc) is 2.67. The molecule has 0 amide bonds. The molecule has 0 spiro atoms. The van der Waals surface area contributed by atoms with Gasteiger partial charge >= 0.3 is 5.97 Å². The van der Waals surface area contributed by atoms with Gasteiger partial charge in [0.1, 0.15) is 0 Å². The Labute approximate surface area is 120 Å². The summed E-state index contributed by atoms with van der Waals surface area (Å²) in [5, 5.41) is 9.07. The highest BCUT2D eigenvalue weighted by atomic mass is 32.2. The molecular formula is C12H12N2O4S2. The number of aromatic carboxylic acids is 1. The molecule has 0 bridgehead atoms. The number of anilines is 1. The fourth-order valence-electron chi connectivity index (χ4n) is 1.47. The van der Waals surface area contributed by atoms with Crippen molar-refractivity contribution >= 4 is 32.5 Å². The number of aryl methyl sites for hydroxylation is 2.